The fraction of sp³-hybridized carbons (Fsp3) is 0.412. The van der Waals surface area contributed by atoms with Crippen molar-refractivity contribution in [2.45, 2.75) is 32.4 Å². The molecule has 2 atom stereocenters. The van der Waals surface area contributed by atoms with Crippen molar-refractivity contribution in [1.82, 2.24) is 15.1 Å². The molecular formula is C17H22ClN3O3. The van der Waals surface area contributed by atoms with Gasteiger partial charge in [0.15, 0.2) is 0 Å². The molecule has 0 saturated heterocycles. The van der Waals surface area contributed by atoms with E-state index in [-0.39, 0.29) is 11.9 Å². The number of hydrogen-bond acceptors (Lipinski definition) is 4. The van der Waals surface area contributed by atoms with E-state index in [1.54, 1.807) is 25.1 Å². The zero-order valence-corrected chi connectivity index (χ0v) is 15.0. The van der Waals surface area contributed by atoms with Gasteiger partial charge in [0, 0.05) is 11.8 Å². The van der Waals surface area contributed by atoms with Gasteiger partial charge < -0.3 is 14.8 Å². The van der Waals surface area contributed by atoms with Crippen LogP contribution in [0.4, 0.5) is 0 Å². The maximum atomic E-state index is 12.6. The van der Waals surface area contributed by atoms with Crippen molar-refractivity contribution in [2.75, 3.05) is 14.2 Å². The molecule has 0 radical (unpaired) electrons. The lowest BCUT2D eigenvalue weighted by Gasteiger charge is -2.21. The Kier molecular flexibility index (Phi) is 6.09. The maximum Gasteiger partial charge on any atom is 0.245 e. The first kappa shape index (κ1) is 18.1. The first-order valence-corrected chi connectivity index (χ1v) is 8.09. The van der Waals surface area contributed by atoms with E-state index in [9.17, 15) is 4.79 Å². The van der Waals surface area contributed by atoms with Gasteiger partial charge in [0.2, 0.25) is 5.91 Å². The van der Waals surface area contributed by atoms with E-state index in [1.807, 2.05) is 32.0 Å². The van der Waals surface area contributed by atoms with Gasteiger partial charge in [-0.05, 0) is 31.5 Å². The summed E-state index contributed by atoms with van der Waals surface area (Å²) in [7, 11) is 3.20. The van der Waals surface area contributed by atoms with Crippen molar-refractivity contribution in [2.24, 2.45) is 0 Å². The largest absolute Gasteiger partial charge is 0.497 e. The van der Waals surface area contributed by atoms with Gasteiger partial charge in [0.25, 0.3) is 0 Å². The van der Waals surface area contributed by atoms with Gasteiger partial charge in [-0.1, -0.05) is 18.5 Å². The SMILES string of the molecule is CCC(C(=O)NC(C)c1cc(OC)ccc1OC)n1cc(Cl)cn1. The standard InChI is InChI=1S/C17H22ClN3O3/c1-5-15(21-10-12(18)9-19-21)17(22)20-11(2)14-8-13(23-3)6-7-16(14)24-4/h6-11,15H,5H2,1-4H3,(H,20,22). The summed E-state index contributed by atoms with van der Waals surface area (Å²) in [5, 5.41) is 7.63. The minimum atomic E-state index is -0.420. The van der Waals surface area contributed by atoms with E-state index in [0.717, 1.165) is 5.56 Å². The van der Waals surface area contributed by atoms with Crippen LogP contribution in [0, 0.1) is 0 Å². The molecule has 0 spiro atoms. The third-order valence-electron chi connectivity index (χ3n) is 3.84. The molecule has 6 nitrogen and oxygen atoms in total. The van der Waals surface area contributed by atoms with E-state index in [4.69, 9.17) is 21.1 Å². The topological polar surface area (TPSA) is 65.4 Å². The van der Waals surface area contributed by atoms with Crippen LogP contribution in [0.15, 0.2) is 30.6 Å². The average Bonchev–Trinajstić information content (AvgIpc) is 3.00. The normalized spacial score (nSPS) is 13.2. The number of amides is 1. The van der Waals surface area contributed by atoms with Crippen LogP contribution in [0.25, 0.3) is 0 Å². The maximum absolute atomic E-state index is 12.6. The van der Waals surface area contributed by atoms with Gasteiger partial charge >= 0.3 is 0 Å². The van der Waals surface area contributed by atoms with Crippen LogP contribution in [0.2, 0.25) is 5.02 Å². The Balaban J connectivity index is 2.18. The molecule has 2 unspecified atom stereocenters. The minimum absolute atomic E-state index is 0.130. The van der Waals surface area contributed by atoms with Gasteiger partial charge in [0.1, 0.15) is 17.5 Å². The molecule has 0 aliphatic heterocycles. The Morgan fingerprint density at radius 2 is 2.12 bits per heavy atom. The van der Waals surface area contributed by atoms with Crippen molar-refractivity contribution in [1.29, 1.82) is 0 Å². The molecule has 1 N–H and O–H groups in total. The second-order valence-electron chi connectivity index (χ2n) is 5.40. The van der Waals surface area contributed by atoms with Crippen LogP contribution in [0.1, 0.15) is 37.9 Å². The molecule has 2 rings (SSSR count). The number of aromatic nitrogens is 2. The monoisotopic (exact) mass is 351 g/mol. The molecule has 1 aromatic heterocycles. The fourth-order valence-electron chi connectivity index (χ4n) is 2.54. The summed E-state index contributed by atoms with van der Waals surface area (Å²) in [5.41, 5.74) is 0.846. The molecule has 1 aromatic carbocycles. The lowest BCUT2D eigenvalue weighted by Crippen LogP contribution is -2.34. The first-order valence-electron chi connectivity index (χ1n) is 7.72. The van der Waals surface area contributed by atoms with Crippen LogP contribution in [-0.4, -0.2) is 29.9 Å². The second kappa shape index (κ2) is 8.06. The number of halogens is 1. The molecule has 0 fully saturated rings. The van der Waals surface area contributed by atoms with Gasteiger partial charge in [-0.25, -0.2) is 0 Å². The van der Waals surface area contributed by atoms with E-state index in [0.29, 0.717) is 22.9 Å². The Hall–Kier alpha value is -2.21. The highest BCUT2D eigenvalue weighted by Crippen LogP contribution is 2.29. The Morgan fingerprint density at radius 1 is 1.38 bits per heavy atom. The summed E-state index contributed by atoms with van der Waals surface area (Å²) < 4.78 is 12.2. The molecule has 0 bridgehead atoms. The second-order valence-corrected chi connectivity index (χ2v) is 5.84. The number of nitrogens with zero attached hydrogens (tertiary/aromatic N) is 2. The number of carbonyl (C=O) groups excluding carboxylic acids is 1. The number of rotatable bonds is 7. The molecular weight excluding hydrogens is 330 g/mol. The molecule has 24 heavy (non-hydrogen) atoms. The molecule has 1 heterocycles. The van der Waals surface area contributed by atoms with E-state index >= 15 is 0 Å². The van der Waals surface area contributed by atoms with Crippen LogP contribution in [0.5, 0.6) is 11.5 Å². The predicted octanol–water partition coefficient (Wildman–Crippen LogP) is 3.38. The number of carbonyl (C=O) groups is 1. The van der Waals surface area contributed by atoms with Crippen molar-refractivity contribution in [3.63, 3.8) is 0 Å². The summed E-state index contributed by atoms with van der Waals surface area (Å²) in [6.45, 7) is 3.83. The van der Waals surface area contributed by atoms with Gasteiger partial charge in [-0.3, -0.25) is 9.48 Å². The Bertz CT molecular complexity index is 702. The highest BCUT2D eigenvalue weighted by atomic mass is 35.5. The Labute approximate surface area is 146 Å². The van der Waals surface area contributed by atoms with Crippen molar-refractivity contribution in [3.8, 4) is 11.5 Å². The highest BCUT2D eigenvalue weighted by Gasteiger charge is 2.23. The van der Waals surface area contributed by atoms with Crippen LogP contribution in [0.3, 0.4) is 0 Å². The average molecular weight is 352 g/mol. The van der Waals surface area contributed by atoms with E-state index in [2.05, 4.69) is 10.4 Å². The number of methoxy groups -OCH3 is 2. The molecule has 1 amide bonds. The summed E-state index contributed by atoms with van der Waals surface area (Å²) >= 11 is 5.90. The first-order chi connectivity index (χ1) is 11.5. The lowest BCUT2D eigenvalue weighted by molar-refractivity contribution is -0.125. The van der Waals surface area contributed by atoms with Crippen molar-refractivity contribution < 1.29 is 14.3 Å². The van der Waals surface area contributed by atoms with Gasteiger partial charge in [-0.15, -0.1) is 0 Å². The fourth-order valence-corrected chi connectivity index (χ4v) is 2.69. The van der Waals surface area contributed by atoms with Crippen LogP contribution >= 0.6 is 11.6 Å². The van der Waals surface area contributed by atoms with Crippen LogP contribution < -0.4 is 14.8 Å². The smallest absolute Gasteiger partial charge is 0.245 e. The molecule has 0 aliphatic rings. The van der Waals surface area contributed by atoms with Gasteiger partial charge in [-0.2, -0.15) is 5.10 Å². The summed E-state index contributed by atoms with van der Waals surface area (Å²) in [4.78, 5) is 12.6. The molecule has 7 heteroatoms. The zero-order chi connectivity index (χ0) is 17.7. The zero-order valence-electron chi connectivity index (χ0n) is 14.2. The number of hydrogen-bond donors (Lipinski definition) is 1. The van der Waals surface area contributed by atoms with Crippen LogP contribution in [-0.2, 0) is 4.79 Å². The third-order valence-corrected chi connectivity index (χ3v) is 4.04. The van der Waals surface area contributed by atoms with E-state index in [1.165, 1.54) is 6.20 Å². The lowest BCUT2D eigenvalue weighted by atomic mass is 10.1. The third kappa shape index (κ3) is 4.00. The summed E-state index contributed by atoms with van der Waals surface area (Å²) in [6, 6.07) is 4.83. The minimum Gasteiger partial charge on any atom is -0.497 e. The molecule has 0 aliphatic carbocycles. The van der Waals surface area contributed by atoms with Gasteiger partial charge in [0.05, 0.1) is 31.5 Å². The molecule has 2 aromatic rings. The van der Waals surface area contributed by atoms with Crippen molar-refractivity contribution in [3.05, 3.63) is 41.2 Å². The summed E-state index contributed by atoms with van der Waals surface area (Å²) in [6.07, 6.45) is 3.77. The highest BCUT2D eigenvalue weighted by molar-refractivity contribution is 6.30. The molecule has 0 saturated carbocycles. The number of nitrogens with one attached hydrogen (secondary N) is 1. The number of benzene rings is 1. The summed E-state index contributed by atoms with van der Waals surface area (Å²) in [5.74, 6) is 1.27. The van der Waals surface area contributed by atoms with Crippen molar-refractivity contribution >= 4 is 17.5 Å². The number of ether oxygens (including phenoxy) is 2. The quantitative estimate of drug-likeness (QED) is 0.830. The molecule has 130 valence electrons. The predicted molar refractivity (Wildman–Crippen MR) is 92.7 cm³/mol. The van der Waals surface area contributed by atoms with E-state index < -0.39 is 6.04 Å². The Morgan fingerprint density at radius 3 is 2.67 bits per heavy atom.